The second-order valence-electron chi connectivity index (χ2n) is 9.13. The van der Waals surface area contributed by atoms with Gasteiger partial charge in [0.15, 0.2) is 4.80 Å². The molecule has 210 valence electrons. The molecule has 1 amide bonds. The number of rotatable bonds is 8. The number of para-hydroxylation sites is 1. The third-order valence-corrected chi connectivity index (χ3v) is 8.20. The lowest BCUT2D eigenvalue weighted by Crippen LogP contribution is -2.40. The number of nitrogens with one attached hydrogen (secondary N) is 1. The Morgan fingerprint density at radius 2 is 1.78 bits per heavy atom. The van der Waals surface area contributed by atoms with Crippen LogP contribution in [-0.4, -0.2) is 31.3 Å². The highest BCUT2D eigenvalue weighted by atomic mass is 79.9. The van der Waals surface area contributed by atoms with E-state index in [4.69, 9.17) is 19.2 Å². The summed E-state index contributed by atoms with van der Waals surface area (Å²) in [6.45, 7) is 4.24. The minimum absolute atomic E-state index is 0.265. The molecule has 0 aliphatic carbocycles. The van der Waals surface area contributed by atoms with Gasteiger partial charge in [-0.05, 0) is 71.7 Å². The zero-order valence-corrected chi connectivity index (χ0v) is 25.3. The summed E-state index contributed by atoms with van der Waals surface area (Å²) in [5.74, 6) is 1.54. The standard InChI is InChI=1S/C31H28BrN3O5S/c1-5-40-22-13-11-19(12-14-22)28-27(29(36)34-21-9-7-6-8-10-21)18(2)33-31-35(28)30(37)26(41-31)16-20-15-23(32)25(39-4)17-24(20)38-3/h6-17,28H,5H2,1-4H3,(H,34,36)/b26-16-/t28-/m1/s1. The van der Waals surface area contributed by atoms with Gasteiger partial charge in [0.05, 0.1) is 47.1 Å². The molecule has 0 spiro atoms. The van der Waals surface area contributed by atoms with Crippen molar-refractivity contribution in [1.82, 2.24) is 4.57 Å². The van der Waals surface area contributed by atoms with Gasteiger partial charge in [-0.3, -0.25) is 14.2 Å². The second kappa shape index (κ2) is 12.2. The first-order valence-electron chi connectivity index (χ1n) is 12.9. The van der Waals surface area contributed by atoms with Crippen molar-refractivity contribution >= 4 is 44.9 Å². The molecule has 0 bridgehead atoms. The number of amides is 1. The Bertz CT molecular complexity index is 1810. The first-order valence-corrected chi connectivity index (χ1v) is 14.5. The summed E-state index contributed by atoms with van der Waals surface area (Å²) in [5.41, 5.74) is 2.77. The third kappa shape index (κ3) is 5.71. The number of nitrogens with zero attached hydrogens (tertiary/aromatic N) is 2. The van der Waals surface area contributed by atoms with Crippen LogP contribution in [0.5, 0.6) is 17.2 Å². The smallest absolute Gasteiger partial charge is 0.271 e. The van der Waals surface area contributed by atoms with E-state index in [-0.39, 0.29) is 11.5 Å². The lowest BCUT2D eigenvalue weighted by molar-refractivity contribution is -0.113. The van der Waals surface area contributed by atoms with Crippen LogP contribution in [0.25, 0.3) is 6.08 Å². The molecule has 1 aromatic heterocycles. The van der Waals surface area contributed by atoms with Gasteiger partial charge in [0.2, 0.25) is 0 Å². The molecule has 5 rings (SSSR count). The number of hydrogen-bond donors (Lipinski definition) is 1. The Labute approximate surface area is 249 Å². The Hall–Kier alpha value is -4.15. The van der Waals surface area contributed by atoms with E-state index in [1.165, 1.54) is 11.3 Å². The number of methoxy groups -OCH3 is 2. The van der Waals surface area contributed by atoms with E-state index in [1.807, 2.05) is 67.6 Å². The van der Waals surface area contributed by atoms with Gasteiger partial charge in [-0.1, -0.05) is 41.7 Å². The number of allylic oxidation sites excluding steroid dienone is 1. The second-order valence-corrected chi connectivity index (χ2v) is 11.0. The average molecular weight is 635 g/mol. The maximum absolute atomic E-state index is 14.0. The highest BCUT2D eigenvalue weighted by Crippen LogP contribution is 2.34. The fourth-order valence-corrected chi connectivity index (χ4v) is 6.26. The molecule has 2 heterocycles. The van der Waals surface area contributed by atoms with Crippen molar-refractivity contribution in [1.29, 1.82) is 0 Å². The van der Waals surface area contributed by atoms with E-state index < -0.39 is 6.04 Å². The minimum atomic E-state index is -0.697. The summed E-state index contributed by atoms with van der Waals surface area (Å²) in [7, 11) is 3.14. The fourth-order valence-electron chi connectivity index (χ4n) is 4.70. The van der Waals surface area contributed by atoms with Gasteiger partial charge >= 0.3 is 0 Å². The topological polar surface area (TPSA) is 91.2 Å². The van der Waals surface area contributed by atoms with E-state index in [0.29, 0.717) is 55.7 Å². The Morgan fingerprint density at radius 3 is 2.44 bits per heavy atom. The number of aromatic nitrogens is 1. The Morgan fingerprint density at radius 1 is 1.07 bits per heavy atom. The van der Waals surface area contributed by atoms with Gasteiger partial charge in [-0.2, -0.15) is 0 Å². The molecule has 0 fully saturated rings. The molecule has 10 heteroatoms. The van der Waals surface area contributed by atoms with Crippen LogP contribution in [0.1, 0.15) is 31.0 Å². The van der Waals surface area contributed by atoms with E-state index in [1.54, 1.807) is 37.9 Å². The molecule has 41 heavy (non-hydrogen) atoms. The molecule has 0 saturated heterocycles. The summed E-state index contributed by atoms with van der Waals surface area (Å²) < 4.78 is 19.3. The number of ether oxygens (including phenoxy) is 3. The van der Waals surface area contributed by atoms with Crippen LogP contribution in [0.15, 0.2) is 92.3 Å². The van der Waals surface area contributed by atoms with Gasteiger partial charge < -0.3 is 19.5 Å². The number of fused-ring (bicyclic) bond motifs is 1. The number of carbonyl (C=O) groups excluding carboxylic acids is 1. The van der Waals surface area contributed by atoms with Gasteiger partial charge in [-0.25, -0.2) is 4.99 Å². The molecule has 0 saturated carbocycles. The van der Waals surface area contributed by atoms with Crippen LogP contribution < -0.4 is 34.4 Å². The van der Waals surface area contributed by atoms with E-state index in [2.05, 4.69) is 21.2 Å². The van der Waals surface area contributed by atoms with Gasteiger partial charge in [-0.15, -0.1) is 0 Å². The van der Waals surface area contributed by atoms with Gasteiger partial charge in [0.25, 0.3) is 11.5 Å². The zero-order valence-electron chi connectivity index (χ0n) is 22.9. The number of halogens is 1. The number of carbonyl (C=O) groups is 1. The molecule has 1 N–H and O–H groups in total. The van der Waals surface area contributed by atoms with E-state index >= 15 is 0 Å². The quantitative estimate of drug-likeness (QED) is 0.293. The number of anilines is 1. The van der Waals surface area contributed by atoms with Crippen molar-refractivity contribution in [3.8, 4) is 17.2 Å². The SMILES string of the molecule is CCOc1ccc([C@@H]2C(C(=O)Nc3ccccc3)=C(C)N=c3s/c(=C\c4cc(Br)c(OC)cc4OC)c(=O)n32)cc1. The fraction of sp³-hybridized carbons (Fsp3) is 0.194. The molecule has 0 unspecified atom stereocenters. The summed E-state index contributed by atoms with van der Waals surface area (Å²) in [5, 5.41) is 2.97. The van der Waals surface area contributed by atoms with Crippen molar-refractivity contribution in [3.63, 3.8) is 0 Å². The predicted octanol–water partition coefficient (Wildman–Crippen LogP) is 5.05. The predicted molar refractivity (Wildman–Crippen MR) is 164 cm³/mol. The normalized spacial score (nSPS) is 14.8. The molecule has 1 atom stereocenters. The minimum Gasteiger partial charge on any atom is -0.496 e. The largest absolute Gasteiger partial charge is 0.496 e. The third-order valence-electron chi connectivity index (χ3n) is 6.60. The van der Waals surface area contributed by atoms with Crippen molar-refractivity contribution in [2.45, 2.75) is 19.9 Å². The first kappa shape index (κ1) is 28.4. The van der Waals surface area contributed by atoms with Crippen molar-refractivity contribution in [3.05, 3.63) is 113 Å². The number of hydrogen-bond acceptors (Lipinski definition) is 7. The van der Waals surface area contributed by atoms with Crippen LogP contribution >= 0.6 is 27.3 Å². The lowest BCUT2D eigenvalue weighted by atomic mass is 9.95. The van der Waals surface area contributed by atoms with E-state index in [9.17, 15) is 9.59 Å². The Balaban J connectivity index is 1.68. The molecule has 4 aromatic rings. The van der Waals surface area contributed by atoms with Crippen LogP contribution in [0.4, 0.5) is 5.69 Å². The van der Waals surface area contributed by atoms with Gasteiger partial charge in [0.1, 0.15) is 17.2 Å². The number of benzene rings is 3. The molecule has 0 radical (unpaired) electrons. The van der Waals surface area contributed by atoms with Crippen LogP contribution in [0.2, 0.25) is 0 Å². The summed E-state index contributed by atoms with van der Waals surface area (Å²) in [4.78, 5) is 33.0. The zero-order chi connectivity index (χ0) is 29.1. The molecule has 1 aliphatic rings. The molecular formula is C31H28BrN3O5S. The molecule has 1 aliphatic heterocycles. The molecule has 3 aromatic carbocycles. The van der Waals surface area contributed by atoms with Crippen LogP contribution in [0.3, 0.4) is 0 Å². The highest BCUT2D eigenvalue weighted by molar-refractivity contribution is 9.10. The van der Waals surface area contributed by atoms with Crippen molar-refractivity contribution < 1.29 is 19.0 Å². The summed E-state index contributed by atoms with van der Waals surface area (Å²) in [6, 6.07) is 19.5. The maximum atomic E-state index is 14.0. The molecular weight excluding hydrogens is 606 g/mol. The maximum Gasteiger partial charge on any atom is 0.271 e. The average Bonchev–Trinajstić information content (AvgIpc) is 3.27. The number of thiazole rings is 1. The van der Waals surface area contributed by atoms with E-state index in [0.717, 1.165) is 10.0 Å². The van der Waals surface area contributed by atoms with Crippen molar-refractivity contribution in [2.75, 3.05) is 26.1 Å². The first-order chi connectivity index (χ1) is 19.8. The summed E-state index contributed by atoms with van der Waals surface area (Å²) in [6.07, 6.45) is 1.77. The summed E-state index contributed by atoms with van der Waals surface area (Å²) >= 11 is 4.77. The highest BCUT2D eigenvalue weighted by Gasteiger charge is 2.32. The van der Waals surface area contributed by atoms with Gasteiger partial charge in [0, 0.05) is 17.3 Å². The molecule has 8 nitrogen and oxygen atoms in total. The van der Waals surface area contributed by atoms with Crippen molar-refractivity contribution in [2.24, 2.45) is 4.99 Å². The van der Waals surface area contributed by atoms with Crippen LogP contribution in [-0.2, 0) is 4.79 Å². The lowest BCUT2D eigenvalue weighted by Gasteiger charge is -2.25. The Kier molecular flexibility index (Phi) is 8.41. The monoisotopic (exact) mass is 633 g/mol. The van der Waals surface area contributed by atoms with Crippen LogP contribution in [0, 0.1) is 0 Å².